The van der Waals surface area contributed by atoms with Crippen LogP contribution in [0.15, 0.2) is 16.7 Å². The van der Waals surface area contributed by atoms with Gasteiger partial charge in [-0.15, -0.1) is 0 Å². The lowest BCUT2D eigenvalue weighted by Gasteiger charge is -2.20. The Morgan fingerprint density at radius 1 is 1.41 bits per heavy atom. The summed E-state index contributed by atoms with van der Waals surface area (Å²) in [5, 5.41) is 3.12. The highest BCUT2D eigenvalue weighted by molar-refractivity contribution is 5.16. The fourth-order valence-electron chi connectivity index (χ4n) is 1.75. The first-order valence-corrected chi connectivity index (χ1v) is 6.31. The molecule has 0 unspecified atom stereocenters. The van der Waals surface area contributed by atoms with Crippen LogP contribution in [0, 0.1) is 0 Å². The number of hydrogen-bond donors (Lipinski definition) is 1. The standard InChI is InChI=1S/C13H24N2O2/c1-4-15(7-9-16-5-2)11-12-6-8-17-13(12)10-14-3/h6,8,14H,4-5,7,9-11H2,1-3H3. The van der Waals surface area contributed by atoms with Crippen molar-refractivity contribution >= 4 is 0 Å². The lowest BCUT2D eigenvalue weighted by molar-refractivity contribution is 0.112. The van der Waals surface area contributed by atoms with E-state index in [0.29, 0.717) is 0 Å². The summed E-state index contributed by atoms with van der Waals surface area (Å²) < 4.78 is 10.8. The van der Waals surface area contributed by atoms with Gasteiger partial charge in [0.2, 0.25) is 0 Å². The summed E-state index contributed by atoms with van der Waals surface area (Å²) in [6.45, 7) is 9.48. The van der Waals surface area contributed by atoms with E-state index in [0.717, 1.165) is 45.2 Å². The van der Waals surface area contributed by atoms with Crippen molar-refractivity contribution in [3.63, 3.8) is 0 Å². The normalized spacial score (nSPS) is 11.3. The monoisotopic (exact) mass is 240 g/mol. The predicted molar refractivity (Wildman–Crippen MR) is 68.9 cm³/mol. The minimum Gasteiger partial charge on any atom is -0.468 e. The molecule has 0 atom stereocenters. The highest BCUT2D eigenvalue weighted by atomic mass is 16.5. The molecule has 0 aliphatic carbocycles. The average Bonchev–Trinajstić information content (AvgIpc) is 2.76. The molecule has 4 heteroatoms. The van der Waals surface area contributed by atoms with Crippen molar-refractivity contribution in [3.05, 3.63) is 23.7 Å². The van der Waals surface area contributed by atoms with Crippen molar-refractivity contribution in [2.45, 2.75) is 26.9 Å². The lowest BCUT2D eigenvalue weighted by atomic mass is 10.2. The molecule has 1 aromatic heterocycles. The molecular formula is C13H24N2O2. The zero-order valence-electron chi connectivity index (χ0n) is 11.2. The first-order chi connectivity index (χ1) is 8.31. The zero-order chi connectivity index (χ0) is 12.5. The summed E-state index contributed by atoms with van der Waals surface area (Å²) in [6.07, 6.45) is 1.76. The molecule has 0 aliphatic heterocycles. The van der Waals surface area contributed by atoms with Crippen LogP contribution < -0.4 is 5.32 Å². The largest absolute Gasteiger partial charge is 0.468 e. The van der Waals surface area contributed by atoms with Crippen LogP contribution in [0.3, 0.4) is 0 Å². The molecule has 0 amide bonds. The van der Waals surface area contributed by atoms with Crippen molar-refractivity contribution in [3.8, 4) is 0 Å². The minimum absolute atomic E-state index is 0.783. The summed E-state index contributed by atoms with van der Waals surface area (Å²) in [4.78, 5) is 2.36. The van der Waals surface area contributed by atoms with Gasteiger partial charge in [0.1, 0.15) is 5.76 Å². The maximum absolute atomic E-state index is 5.46. The van der Waals surface area contributed by atoms with Crippen LogP contribution in [0.4, 0.5) is 0 Å². The maximum Gasteiger partial charge on any atom is 0.122 e. The van der Waals surface area contributed by atoms with E-state index >= 15 is 0 Å². The van der Waals surface area contributed by atoms with Crippen molar-refractivity contribution in [1.29, 1.82) is 0 Å². The molecule has 17 heavy (non-hydrogen) atoms. The van der Waals surface area contributed by atoms with Gasteiger partial charge in [-0.25, -0.2) is 0 Å². The fraction of sp³-hybridized carbons (Fsp3) is 0.692. The Bertz CT molecular complexity index is 299. The molecule has 1 aromatic rings. The molecule has 0 spiro atoms. The van der Waals surface area contributed by atoms with E-state index in [-0.39, 0.29) is 0 Å². The molecule has 0 fully saturated rings. The predicted octanol–water partition coefficient (Wildman–Crippen LogP) is 1.86. The third-order valence-electron chi connectivity index (χ3n) is 2.77. The van der Waals surface area contributed by atoms with E-state index in [4.69, 9.17) is 9.15 Å². The van der Waals surface area contributed by atoms with Gasteiger partial charge in [0.05, 0.1) is 19.4 Å². The summed E-state index contributed by atoms with van der Waals surface area (Å²) in [5.74, 6) is 1.03. The summed E-state index contributed by atoms with van der Waals surface area (Å²) >= 11 is 0. The van der Waals surface area contributed by atoms with Crippen molar-refractivity contribution < 1.29 is 9.15 Å². The Hall–Kier alpha value is -0.840. The maximum atomic E-state index is 5.46. The van der Waals surface area contributed by atoms with Crippen LogP contribution in [-0.2, 0) is 17.8 Å². The molecule has 0 saturated carbocycles. The SMILES string of the molecule is CCOCCN(CC)Cc1ccoc1CNC. The molecule has 0 aliphatic rings. The van der Waals surface area contributed by atoms with E-state index in [1.807, 2.05) is 14.0 Å². The summed E-state index contributed by atoms with van der Waals surface area (Å²) in [5.41, 5.74) is 1.26. The molecule has 0 radical (unpaired) electrons. The van der Waals surface area contributed by atoms with Crippen LogP contribution in [0.1, 0.15) is 25.2 Å². The first kappa shape index (κ1) is 14.2. The van der Waals surface area contributed by atoms with E-state index in [2.05, 4.69) is 23.2 Å². The summed E-state index contributed by atoms with van der Waals surface area (Å²) in [7, 11) is 1.93. The van der Waals surface area contributed by atoms with Gasteiger partial charge >= 0.3 is 0 Å². The van der Waals surface area contributed by atoms with Gasteiger partial charge < -0.3 is 14.5 Å². The quantitative estimate of drug-likeness (QED) is 0.669. The van der Waals surface area contributed by atoms with Gasteiger partial charge in [-0.1, -0.05) is 6.92 Å². The van der Waals surface area contributed by atoms with E-state index < -0.39 is 0 Å². The number of likely N-dealkylation sites (N-methyl/N-ethyl adjacent to an activating group) is 1. The number of furan rings is 1. The molecule has 1 heterocycles. The Balaban J connectivity index is 2.45. The second-order valence-electron chi connectivity index (χ2n) is 3.97. The smallest absolute Gasteiger partial charge is 0.122 e. The van der Waals surface area contributed by atoms with Gasteiger partial charge in [0.15, 0.2) is 0 Å². The van der Waals surface area contributed by atoms with Gasteiger partial charge in [-0.3, -0.25) is 4.90 Å². The van der Waals surface area contributed by atoms with E-state index in [9.17, 15) is 0 Å². The molecule has 98 valence electrons. The highest BCUT2D eigenvalue weighted by Gasteiger charge is 2.09. The minimum atomic E-state index is 0.783. The van der Waals surface area contributed by atoms with Gasteiger partial charge in [0, 0.05) is 25.3 Å². The fourth-order valence-corrected chi connectivity index (χ4v) is 1.75. The number of nitrogens with zero attached hydrogens (tertiary/aromatic N) is 1. The lowest BCUT2D eigenvalue weighted by Crippen LogP contribution is -2.27. The highest BCUT2D eigenvalue weighted by Crippen LogP contribution is 2.13. The summed E-state index contributed by atoms with van der Waals surface area (Å²) in [6, 6.07) is 2.05. The second-order valence-corrected chi connectivity index (χ2v) is 3.97. The Kier molecular flexibility index (Phi) is 6.93. The van der Waals surface area contributed by atoms with Gasteiger partial charge in [-0.05, 0) is 26.6 Å². The Morgan fingerprint density at radius 2 is 2.24 bits per heavy atom. The van der Waals surface area contributed by atoms with Crippen molar-refractivity contribution in [2.24, 2.45) is 0 Å². The van der Waals surface area contributed by atoms with Gasteiger partial charge in [-0.2, -0.15) is 0 Å². The molecule has 0 bridgehead atoms. The number of ether oxygens (including phenoxy) is 1. The molecule has 0 aromatic carbocycles. The van der Waals surface area contributed by atoms with Crippen LogP contribution in [-0.4, -0.2) is 38.3 Å². The van der Waals surface area contributed by atoms with E-state index in [1.165, 1.54) is 5.56 Å². The van der Waals surface area contributed by atoms with Crippen LogP contribution in [0.2, 0.25) is 0 Å². The molecule has 4 nitrogen and oxygen atoms in total. The third-order valence-corrected chi connectivity index (χ3v) is 2.77. The van der Waals surface area contributed by atoms with Crippen molar-refractivity contribution in [1.82, 2.24) is 10.2 Å². The number of rotatable bonds is 9. The van der Waals surface area contributed by atoms with Crippen LogP contribution in [0.25, 0.3) is 0 Å². The topological polar surface area (TPSA) is 37.6 Å². The van der Waals surface area contributed by atoms with Crippen LogP contribution >= 0.6 is 0 Å². The van der Waals surface area contributed by atoms with Crippen LogP contribution in [0.5, 0.6) is 0 Å². The molecular weight excluding hydrogens is 216 g/mol. The van der Waals surface area contributed by atoms with E-state index in [1.54, 1.807) is 6.26 Å². The van der Waals surface area contributed by atoms with Crippen molar-refractivity contribution in [2.75, 3.05) is 33.4 Å². The molecule has 1 N–H and O–H groups in total. The third kappa shape index (κ3) is 4.89. The Morgan fingerprint density at radius 3 is 2.88 bits per heavy atom. The zero-order valence-corrected chi connectivity index (χ0v) is 11.2. The molecule has 1 rings (SSSR count). The number of nitrogens with one attached hydrogen (secondary N) is 1. The van der Waals surface area contributed by atoms with Gasteiger partial charge in [0.25, 0.3) is 0 Å². The molecule has 0 saturated heterocycles. The first-order valence-electron chi connectivity index (χ1n) is 6.31. The Labute approximate surface area is 104 Å². The average molecular weight is 240 g/mol. The number of hydrogen-bond acceptors (Lipinski definition) is 4. The second kappa shape index (κ2) is 8.28.